The Morgan fingerprint density at radius 3 is 2.70 bits per heavy atom. The van der Waals surface area contributed by atoms with Gasteiger partial charge in [-0.1, -0.05) is 6.42 Å². The van der Waals surface area contributed by atoms with E-state index in [1.807, 2.05) is 18.2 Å². The van der Waals surface area contributed by atoms with Gasteiger partial charge in [0, 0.05) is 56.4 Å². The van der Waals surface area contributed by atoms with Gasteiger partial charge in [0.1, 0.15) is 5.82 Å². The SMILES string of the molecule is COCCn1cnc2cc(N3CCN(c4nc(C5CCC5)ns4)CC3)ccc2c1=O. The molecule has 0 spiro atoms. The van der Waals surface area contributed by atoms with Crippen molar-refractivity contribution in [1.82, 2.24) is 18.9 Å². The third-order valence-electron chi connectivity index (χ3n) is 6.16. The number of methoxy groups -OCH3 is 1. The Morgan fingerprint density at radius 2 is 1.97 bits per heavy atom. The minimum atomic E-state index is -0.0213. The Hall–Kier alpha value is -2.52. The summed E-state index contributed by atoms with van der Waals surface area (Å²) in [7, 11) is 1.63. The predicted molar refractivity (Wildman–Crippen MR) is 119 cm³/mol. The van der Waals surface area contributed by atoms with Crippen molar-refractivity contribution >= 4 is 33.3 Å². The van der Waals surface area contributed by atoms with Crippen LogP contribution in [0, 0.1) is 0 Å². The highest BCUT2D eigenvalue weighted by molar-refractivity contribution is 7.09. The monoisotopic (exact) mass is 426 g/mol. The molecule has 1 aliphatic carbocycles. The molecular weight excluding hydrogens is 400 g/mol. The normalized spacial score (nSPS) is 17.5. The molecule has 0 atom stereocenters. The van der Waals surface area contributed by atoms with Gasteiger partial charge in [-0.05, 0) is 31.0 Å². The number of ether oxygens (including phenoxy) is 1. The third kappa shape index (κ3) is 3.67. The Morgan fingerprint density at radius 1 is 1.17 bits per heavy atom. The second kappa shape index (κ2) is 8.31. The Labute approximate surface area is 179 Å². The first kappa shape index (κ1) is 19.4. The summed E-state index contributed by atoms with van der Waals surface area (Å²) < 4.78 is 11.3. The van der Waals surface area contributed by atoms with E-state index < -0.39 is 0 Å². The summed E-state index contributed by atoms with van der Waals surface area (Å²) in [6.07, 6.45) is 5.38. The van der Waals surface area contributed by atoms with Crippen LogP contribution in [0.1, 0.15) is 31.0 Å². The predicted octanol–water partition coefficient (Wildman–Crippen LogP) is 2.49. The molecule has 0 unspecified atom stereocenters. The largest absolute Gasteiger partial charge is 0.383 e. The van der Waals surface area contributed by atoms with Gasteiger partial charge in [0.25, 0.3) is 5.56 Å². The topological polar surface area (TPSA) is 76.4 Å². The number of piperazine rings is 1. The maximum Gasteiger partial charge on any atom is 0.261 e. The number of hydrogen-bond donors (Lipinski definition) is 0. The molecule has 158 valence electrons. The molecule has 1 aromatic carbocycles. The molecule has 0 N–H and O–H groups in total. The molecule has 9 heteroatoms. The van der Waals surface area contributed by atoms with Crippen LogP contribution in [0.3, 0.4) is 0 Å². The Bertz CT molecular complexity index is 1080. The molecule has 30 heavy (non-hydrogen) atoms. The molecule has 0 radical (unpaired) electrons. The zero-order chi connectivity index (χ0) is 20.5. The zero-order valence-electron chi connectivity index (χ0n) is 17.2. The van der Waals surface area contributed by atoms with Crippen LogP contribution in [-0.2, 0) is 11.3 Å². The number of nitrogens with zero attached hydrogens (tertiary/aromatic N) is 6. The van der Waals surface area contributed by atoms with E-state index >= 15 is 0 Å². The number of anilines is 2. The Kier molecular flexibility index (Phi) is 5.39. The van der Waals surface area contributed by atoms with E-state index in [2.05, 4.69) is 19.2 Å². The van der Waals surface area contributed by atoms with E-state index in [0.29, 0.717) is 24.5 Å². The molecule has 0 bridgehead atoms. The highest BCUT2D eigenvalue weighted by atomic mass is 32.1. The number of hydrogen-bond acceptors (Lipinski definition) is 8. The summed E-state index contributed by atoms with van der Waals surface area (Å²) in [4.78, 5) is 26.6. The second-order valence-corrected chi connectivity index (χ2v) is 8.70. The lowest BCUT2D eigenvalue weighted by atomic mass is 9.85. The van der Waals surface area contributed by atoms with E-state index in [1.165, 1.54) is 30.8 Å². The molecule has 2 aromatic heterocycles. The summed E-state index contributed by atoms with van der Waals surface area (Å²) >= 11 is 1.53. The van der Waals surface area contributed by atoms with Crippen LogP contribution in [0.5, 0.6) is 0 Å². The van der Waals surface area contributed by atoms with E-state index in [-0.39, 0.29) is 5.56 Å². The fraction of sp³-hybridized carbons (Fsp3) is 0.524. The summed E-state index contributed by atoms with van der Waals surface area (Å²) in [5.74, 6) is 1.63. The molecule has 1 saturated heterocycles. The summed E-state index contributed by atoms with van der Waals surface area (Å²) in [5, 5.41) is 1.70. The highest BCUT2D eigenvalue weighted by Gasteiger charge is 2.26. The van der Waals surface area contributed by atoms with Gasteiger partial charge in [0.2, 0.25) is 5.13 Å². The van der Waals surface area contributed by atoms with Gasteiger partial charge in [-0.25, -0.2) is 9.97 Å². The average molecular weight is 427 g/mol. The van der Waals surface area contributed by atoms with Crippen LogP contribution >= 0.6 is 11.5 Å². The standard InChI is InChI=1S/C21H26N6O2S/c1-29-12-11-27-14-22-18-13-16(5-6-17(18)20(27)28)25-7-9-26(10-8-25)21-23-19(24-30-21)15-3-2-4-15/h5-6,13-15H,2-4,7-12H2,1H3. The number of benzene rings is 1. The maximum absolute atomic E-state index is 12.6. The van der Waals surface area contributed by atoms with Gasteiger partial charge in [-0.3, -0.25) is 9.36 Å². The minimum absolute atomic E-state index is 0.0213. The van der Waals surface area contributed by atoms with E-state index in [1.54, 1.807) is 18.0 Å². The summed E-state index contributed by atoms with van der Waals surface area (Å²) in [5.41, 5.74) is 1.82. The van der Waals surface area contributed by atoms with Crippen molar-refractivity contribution < 1.29 is 4.74 Å². The first-order valence-corrected chi connectivity index (χ1v) is 11.3. The van der Waals surface area contributed by atoms with Crippen LogP contribution in [0.25, 0.3) is 10.9 Å². The van der Waals surface area contributed by atoms with E-state index in [0.717, 1.165) is 48.3 Å². The molecule has 1 aliphatic heterocycles. The molecule has 3 aromatic rings. The zero-order valence-corrected chi connectivity index (χ0v) is 18.0. The van der Waals surface area contributed by atoms with Gasteiger partial charge >= 0.3 is 0 Å². The lowest BCUT2D eigenvalue weighted by Crippen LogP contribution is -2.46. The number of aromatic nitrogens is 4. The van der Waals surface area contributed by atoms with Gasteiger partial charge in [0.15, 0.2) is 0 Å². The fourth-order valence-electron chi connectivity index (χ4n) is 4.04. The molecule has 2 fully saturated rings. The van der Waals surface area contributed by atoms with Crippen molar-refractivity contribution in [3.05, 3.63) is 40.7 Å². The van der Waals surface area contributed by atoms with Crippen molar-refractivity contribution in [3.8, 4) is 0 Å². The van der Waals surface area contributed by atoms with Crippen molar-refractivity contribution in [2.75, 3.05) is 49.7 Å². The summed E-state index contributed by atoms with van der Waals surface area (Å²) in [6, 6.07) is 5.94. The number of rotatable bonds is 6. The third-order valence-corrected chi connectivity index (χ3v) is 6.95. The molecule has 8 nitrogen and oxygen atoms in total. The smallest absolute Gasteiger partial charge is 0.261 e. The minimum Gasteiger partial charge on any atom is -0.383 e. The van der Waals surface area contributed by atoms with Crippen LogP contribution in [-0.4, -0.2) is 58.8 Å². The molecular formula is C21H26N6O2S. The maximum atomic E-state index is 12.6. The van der Waals surface area contributed by atoms with Crippen LogP contribution in [0.15, 0.2) is 29.3 Å². The molecule has 5 rings (SSSR count). The van der Waals surface area contributed by atoms with Gasteiger partial charge in [-0.2, -0.15) is 4.37 Å². The lowest BCUT2D eigenvalue weighted by Gasteiger charge is -2.35. The molecule has 0 amide bonds. The van der Waals surface area contributed by atoms with Crippen molar-refractivity contribution in [1.29, 1.82) is 0 Å². The van der Waals surface area contributed by atoms with Crippen molar-refractivity contribution in [3.63, 3.8) is 0 Å². The van der Waals surface area contributed by atoms with Crippen molar-refractivity contribution in [2.24, 2.45) is 0 Å². The van der Waals surface area contributed by atoms with Gasteiger partial charge in [-0.15, -0.1) is 0 Å². The fourth-order valence-corrected chi connectivity index (χ4v) is 4.83. The van der Waals surface area contributed by atoms with E-state index in [4.69, 9.17) is 9.72 Å². The highest BCUT2D eigenvalue weighted by Crippen LogP contribution is 2.36. The number of fused-ring (bicyclic) bond motifs is 1. The second-order valence-electron chi connectivity index (χ2n) is 7.97. The van der Waals surface area contributed by atoms with Gasteiger partial charge < -0.3 is 14.5 Å². The molecule has 1 saturated carbocycles. The molecule has 3 heterocycles. The average Bonchev–Trinajstić information content (AvgIpc) is 3.21. The quantitative estimate of drug-likeness (QED) is 0.599. The van der Waals surface area contributed by atoms with Crippen LogP contribution in [0.4, 0.5) is 10.8 Å². The first-order valence-electron chi connectivity index (χ1n) is 10.5. The lowest BCUT2D eigenvalue weighted by molar-refractivity contribution is 0.186. The molecule has 2 aliphatic rings. The first-order chi connectivity index (χ1) is 14.7. The van der Waals surface area contributed by atoms with E-state index in [9.17, 15) is 4.79 Å². The van der Waals surface area contributed by atoms with Crippen LogP contribution < -0.4 is 15.4 Å². The van der Waals surface area contributed by atoms with Crippen molar-refractivity contribution in [2.45, 2.75) is 31.7 Å². The van der Waals surface area contributed by atoms with Crippen LogP contribution in [0.2, 0.25) is 0 Å². The van der Waals surface area contributed by atoms with Gasteiger partial charge in [0.05, 0.1) is 30.4 Å². The summed E-state index contributed by atoms with van der Waals surface area (Å²) in [6.45, 7) is 4.67. The Balaban J connectivity index is 1.27.